The lowest BCUT2D eigenvalue weighted by atomic mass is 9.92. The first-order valence-corrected chi connectivity index (χ1v) is 10.7. The Kier molecular flexibility index (Phi) is 10.9. The lowest BCUT2D eigenvalue weighted by Crippen LogP contribution is -2.41. The maximum absolute atomic E-state index is 12.6. The fourth-order valence-electron chi connectivity index (χ4n) is 3.18. The van der Waals surface area contributed by atoms with Crippen molar-refractivity contribution >= 4 is 11.9 Å². The van der Waals surface area contributed by atoms with Crippen molar-refractivity contribution in [1.29, 1.82) is 0 Å². The van der Waals surface area contributed by atoms with Crippen LogP contribution in [0.15, 0.2) is 30.3 Å². The minimum Gasteiger partial charge on any atom is -0.486 e. The van der Waals surface area contributed by atoms with Gasteiger partial charge in [0.1, 0.15) is 23.6 Å². The van der Waals surface area contributed by atoms with Crippen molar-refractivity contribution < 1.29 is 28.5 Å². The van der Waals surface area contributed by atoms with E-state index in [1.807, 2.05) is 37.3 Å². The Morgan fingerprint density at radius 1 is 1.07 bits per heavy atom. The van der Waals surface area contributed by atoms with Gasteiger partial charge in [0.05, 0.1) is 12.3 Å². The standard InChI is InChI=1S/C24H38O6/c1-8-19(14-15-27-7)22(29-20-12-10-9-11-13-20)18(3)28-23(26)17(2)16-21(25)30-24(4,5)6/h9-13,17-19,22H,8,14-16H2,1-7H3/t17-,18-,19-,22-/m0/s1. The van der Waals surface area contributed by atoms with Crippen LogP contribution in [0.3, 0.4) is 0 Å². The fourth-order valence-corrected chi connectivity index (χ4v) is 3.18. The van der Waals surface area contributed by atoms with Crippen molar-refractivity contribution in [1.82, 2.24) is 0 Å². The Labute approximate surface area is 181 Å². The molecule has 30 heavy (non-hydrogen) atoms. The lowest BCUT2D eigenvalue weighted by molar-refractivity contribution is -0.166. The third-order valence-corrected chi connectivity index (χ3v) is 4.76. The second-order valence-electron chi connectivity index (χ2n) is 8.68. The minimum atomic E-state index is -0.598. The third kappa shape index (κ3) is 9.61. The summed E-state index contributed by atoms with van der Waals surface area (Å²) in [4.78, 5) is 24.7. The molecule has 0 spiro atoms. The number of carbonyl (C=O) groups excluding carboxylic acids is 2. The number of carbonyl (C=O) groups is 2. The summed E-state index contributed by atoms with van der Waals surface area (Å²) in [5, 5.41) is 0. The van der Waals surface area contributed by atoms with E-state index in [1.165, 1.54) is 0 Å². The molecule has 0 amide bonds. The van der Waals surface area contributed by atoms with Crippen LogP contribution in [-0.2, 0) is 23.8 Å². The Morgan fingerprint density at radius 3 is 2.23 bits per heavy atom. The van der Waals surface area contributed by atoms with Crippen LogP contribution in [-0.4, -0.2) is 43.5 Å². The van der Waals surface area contributed by atoms with Crippen molar-refractivity contribution in [3.63, 3.8) is 0 Å². The van der Waals surface area contributed by atoms with Crippen molar-refractivity contribution in [2.75, 3.05) is 13.7 Å². The van der Waals surface area contributed by atoms with E-state index in [2.05, 4.69) is 6.92 Å². The van der Waals surface area contributed by atoms with Crippen LogP contribution in [0.5, 0.6) is 5.75 Å². The monoisotopic (exact) mass is 422 g/mol. The summed E-state index contributed by atoms with van der Waals surface area (Å²) in [6, 6.07) is 9.50. The van der Waals surface area contributed by atoms with Crippen molar-refractivity contribution in [2.45, 2.75) is 78.6 Å². The number of rotatable bonds is 12. The van der Waals surface area contributed by atoms with Crippen molar-refractivity contribution in [2.24, 2.45) is 11.8 Å². The summed E-state index contributed by atoms with van der Waals surface area (Å²) in [5.41, 5.74) is -0.585. The predicted molar refractivity (Wildman–Crippen MR) is 116 cm³/mol. The van der Waals surface area contributed by atoms with Gasteiger partial charge in [0.15, 0.2) is 0 Å². The molecule has 4 atom stereocenters. The molecule has 0 radical (unpaired) electrons. The molecule has 0 unspecified atom stereocenters. The maximum Gasteiger partial charge on any atom is 0.309 e. The molecule has 0 fully saturated rings. The summed E-state index contributed by atoms with van der Waals surface area (Å²) in [6.45, 7) is 11.6. The molecule has 6 heteroatoms. The highest BCUT2D eigenvalue weighted by Gasteiger charge is 2.32. The molecule has 0 saturated heterocycles. The molecule has 0 aromatic heterocycles. The summed E-state index contributed by atoms with van der Waals surface area (Å²) in [7, 11) is 1.67. The van der Waals surface area contributed by atoms with E-state index in [9.17, 15) is 9.59 Å². The summed E-state index contributed by atoms with van der Waals surface area (Å²) in [6.07, 6.45) is 0.815. The van der Waals surface area contributed by atoms with E-state index in [1.54, 1.807) is 34.8 Å². The van der Waals surface area contributed by atoms with Crippen LogP contribution in [0.4, 0.5) is 0 Å². The van der Waals surface area contributed by atoms with E-state index in [0.717, 1.165) is 18.6 Å². The minimum absolute atomic E-state index is 0.0199. The molecule has 0 aliphatic heterocycles. The molecule has 0 N–H and O–H groups in total. The molecule has 0 heterocycles. The number of esters is 2. The number of methoxy groups -OCH3 is 1. The zero-order valence-corrected chi connectivity index (χ0v) is 19.5. The molecule has 1 aromatic rings. The maximum atomic E-state index is 12.6. The third-order valence-electron chi connectivity index (χ3n) is 4.76. The molecule has 170 valence electrons. The van der Waals surface area contributed by atoms with Crippen LogP contribution < -0.4 is 4.74 Å². The van der Waals surface area contributed by atoms with E-state index < -0.39 is 29.6 Å². The van der Waals surface area contributed by atoms with Crippen molar-refractivity contribution in [3.8, 4) is 5.75 Å². The fraction of sp³-hybridized carbons (Fsp3) is 0.667. The Bertz CT molecular complexity index is 637. The molecular weight excluding hydrogens is 384 g/mol. The molecule has 6 nitrogen and oxygen atoms in total. The quantitative estimate of drug-likeness (QED) is 0.451. The van der Waals surface area contributed by atoms with Gasteiger partial charge in [-0.15, -0.1) is 0 Å². The molecular formula is C24H38O6. The second-order valence-corrected chi connectivity index (χ2v) is 8.68. The zero-order valence-electron chi connectivity index (χ0n) is 19.5. The van der Waals surface area contributed by atoms with Crippen LogP contribution in [0.1, 0.15) is 60.8 Å². The molecule has 1 aromatic carbocycles. The Morgan fingerprint density at radius 2 is 1.70 bits per heavy atom. The highest BCUT2D eigenvalue weighted by atomic mass is 16.6. The average Bonchev–Trinajstić information content (AvgIpc) is 2.66. The van der Waals surface area contributed by atoms with Gasteiger partial charge in [0.2, 0.25) is 0 Å². The lowest BCUT2D eigenvalue weighted by Gasteiger charge is -2.32. The second kappa shape index (κ2) is 12.6. The highest BCUT2D eigenvalue weighted by Crippen LogP contribution is 2.25. The summed E-state index contributed by atoms with van der Waals surface area (Å²) < 4.78 is 22.5. The number of benzene rings is 1. The van der Waals surface area contributed by atoms with E-state index >= 15 is 0 Å². The van der Waals surface area contributed by atoms with Gasteiger partial charge < -0.3 is 18.9 Å². The van der Waals surface area contributed by atoms with Gasteiger partial charge in [-0.05, 0) is 52.7 Å². The first-order valence-electron chi connectivity index (χ1n) is 10.7. The topological polar surface area (TPSA) is 71.1 Å². The zero-order chi connectivity index (χ0) is 22.7. The molecule has 0 aliphatic carbocycles. The van der Waals surface area contributed by atoms with Gasteiger partial charge in [-0.3, -0.25) is 9.59 Å². The van der Waals surface area contributed by atoms with Crippen LogP contribution in [0.2, 0.25) is 0 Å². The normalized spacial score (nSPS) is 15.6. The van der Waals surface area contributed by atoms with E-state index in [-0.39, 0.29) is 18.4 Å². The van der Waals surface area contributed by atoms with Crippen LogP contribution in [0.25, 0.3) is 0 Å². The number of ether oxygens (including phenoxy) is 4. The smallest absolute Gasteiger partial charge is 0.309 e. The first kappa shape index (κ1) is 26.0. The van der Waals surface area contributed by atoms with Crippen LogP contribution in [0, 0.1) is 11.8 Å². The van der Waals surface area contributed by atoms with Crippen molar-refractivity contribution in [3.05, 3.63) is 30.3 Å². The van der Waals surface area contributed by atoms with E-state index in [0.29, 0.717) is 6.61 Å². The van der Waals surface area contributed by atoms with Gasteiger partial charge in [-0.2, -0.15) is 0 Å². The number of hydrogen-bond acceptors (Lipinski definition) is 6. The molecule has 1 rings (SSSR count). The van der Waals surface area contributed by atoms with Gasteiger partial charge in [-0.25, -0.2) is 0 Å². The SMILES string of the molecule is CC[C@@H](CCOC)[C@@H](Oc1ccccc1)[C@H](C)OC(=O)[C@@H](C)CC(=O)OC(C)(C)C. The molecule has 0 aliphatic rings. The average molecular weight is 423 g/mol. The summed E-state index contributed by atoms with van der Waals surface area (Å²) >= 11 is 0. The first-order chi connectivity index (χ1) is 14.1. The largest absolute Gasteiger partial charge is 0.486 e. The Hall–Kier alpha value is -2.08. The number of hydrogen-bond donors (Lipinski definition) is 0. The molecule has 0 bridgehead atoms. The molecule has 0 saturated carbocycles. The van der Waals surface area contributed by atoms with Gasteiger partial charge in [0, 0.05) is 19.6 Å². The van der Waals surface area contributed by atoms with Gasteiger partial charge in [-0.1, -0.05) is 32.0 Å². The summed E-state index contributed by atoms with van der Waals surface area (Å²) in [5.74, 6) is -0.573. The highest BCUT2D eigenvalue weighted by molar-refractivity contribution is 5.79. The number of para-hydroxylation sites is 1. The predicted octanol–water partition coefficient (Wildman–Crippen LogP) is 4.80. The van der Waals surface area contributed by atoms with Crippen LogP contribution >= 0.6 is 0 Å². The van der Waals surface area contributed by atoms with Gasteiger partial charge >= 0.3 is 11.9 Å². The van der Waals surface area contributed by atoms with E-state index in [4.69, 9.17) is 18.9 Å². The Balaban J connectivity index is 2.82. The van der Waals surface area contributed by atoms with Gasteiger partial charge in [0.25, 0.3) is 0 Å².